The largest absolute Gasteiger partial charge is 0.493 e. The quantitative estimate of drug-likeness (QED) is 0.621. The summed E-state index contributed by atoms with van der Waals surface area (Å²) in [6, 6.07) is 12.5. The number of methoxy groups -OCH3 is 1. The van der Waals surface area contributed by atoms with Crippen molar-refractivity contribution in [3.05, 3.63) is 65.0 Å². The average Bonchev–Trinajstić information content (AvgIpc) is 3.12. The van der Waals surface area contributed by atoms with E-state index in [1.807, 2.05) is 38.1 Å². The minimum absolute atomic E-state index is 0.238. The number of hydrogen-bond acceptors (Lipinski definition) is 7. The van der Waals surface area contributed by atoms with Crippen LogP contribution in [0.25, 0.3) is 0 Å². The second-order valence-corrected chi connectivity index (χ2v) is 7.16. The molecule has 0 saturated carbocycles. The van der Waals surface area contributed by atoms with Gasteiger partial charge in [-0.05, 0) is 44.2 Å². The molecule has 1 atom stereocenters. The number of nitrogens with zero attached hydrogens (tertiary/aromatic N) is 1. The molecule has 0 fully saturated rings. The molecule has 1 aliphatic rings. The molecule has 4 rings (SSSR count). The van der Waals surface area contributed by atoms with Gasteiger partial charge in [0.1, 0.15) is 25.1 Å². The number of aryl methyl sites for hydroxylation is 2. The second-order valence-electron chi connectivity index (χ2n) is 7.16. The van der Waals surface area contributed by atoms with Crippen LogP contribution in [0.5, 0.6) is 23.0 Å². The molecule has 1 N–H and O–H groups in total. The molecule has 1 unspecified atom stereocenters. The molecule has 1 amide bonds. The second kappa shape index (κ2) is 8.99. The molecule has 0 aliphatic carbocycles. The van der Waals surface area contributed by atoms with Crippen molar-refractivity contribution in [2.24, 2.45) is 0 Å². The number of nitrogens with one attached hydrogen (secondary N) is 1. The van der Waals surface area contributed by atoms with Gasteiger partial charge in [-0.1, -0.05) is 17.3 Å². The lowest BCUT2D eigenvalue weighted by molar-refractivity contribution is 0.0789. The fourth-order valence-corrected chi connectivity index (χ4v) is 3.26. The van der Waals surface area contributed by atoms with Crippen LogP contribution in [0.3, 0.4) is 0 Å². The van der Waals surface area contributed by atoms with Gasteiger partial charge in [-0.25, -0.2) is 0 Å². The topological polar surface area (TPSA) is 92.1 Å². The zero-order chi connectivity index (χ0) is 21.8. The summed E-state index contributed by atoms with van der Waals surface area (Å²) in [7, 11) is 1.53. The van der Waals surface area contributed by atoms with E-state index < -0.39 is 0 Å². The molecule has 31 heavy (non-hydrogen) atoms. The summed E-state index contributed by atoms with van der Waals surface area (Å²) in [5.41, 5.74) is 2.13. The average molecular weight is 424 g/mol. The fourth-order valence-electron chi connectivity index (χ4n) is 3.26. The van der Waals surface area contributed by atoms with Crippen molar-refractivity contribution < 1.29 is 28.3 Å². The highest BCUT2D eigenvalue weighted by Gasteiger charge is 2.21. The molecular weight excluding hydrogens is 400 g/mol. The van der Waals surface area contributed by atoms with Gasteiger partial charge in [0.25, 0.3) is 5.91 Å². The minimum atomic E-state index is -0.265. The van der Waals surface area contributed by atoms with E-state index in [-0.39, 0.29) is 12.0 Å². The number of rotatable bonds is 7. The number of carbonyl (C=O) groups excluding carboxylic acids is 1. The van der Waals surface area contributed by atoms with Crippen molar-refractivity contribution in [2.75, 3.05) is 20.3 Å². The van der Waals surface area contributed by atoms with Crippen molar-refractivity contribution >= 4 is 5.91 Å². The van der Waals surface area contributed by atoms with Crippen molar-refractivity contribution in [3.8, 4) is 23.0 Å². The van der Waals surface area contributed by atoms with E-state index in [1.165, 1.54) is 7.11 Å². The van der Waals surface area contributed by atoms with Crippen LogP contribution in [0.2, 0.25) is 0 Å². The maximum Gasteiger partial charge on any atom is 0.251 e. The summed E-state index contributed by atoms with van der Waals surface area (Å²) in [5.74, 6) is 2.85. The zero-order valence-corrected chi connectivity index (χ0v) is 17.6. The Balaban J connectivity index is 1.36. The Kier molecular flexibility index (Phi) is 5.97. The monoisotopic (exact) mass is 424 g/mol. The summed E-state index contributed by atoms with van der Waals surface area (Å²) >= 11 is 0. The summed E-state index contributed by atoms with van der Waals surface area (Å²) in [4.78, 5) is 12.6. The van der Waals surface area contributed by atoms with Gasteiger partial charge >= 0.3 is 0 Å². The SMILES string of the molecule is COc1cc(C(=O)NCC2COc3ccccc3O2)ccc1OCc1c(C)noc1C. The highest BCUT2D eigenvalue weighted by atomic mass is 16.6. The summed E-state index contributed by atoms with van der Waals surface area (Å²) in [5, 5.41) is 6.80. The Morgan fingerprint density at radius 3 is 2.71 bits per heavy atom. The van der Waals surface area contributed by atoms with Crippen molar-refractivity contribution in [3.63, 3.8) is 0 Å². The predicted octanol–water partition coefficient (Wildman–Crippen LogP) is 3.45. The first kappa shape index (κ1) is 20.6. The van der Waals surface area contributed by atoms with Crippen LogP contribution in [0.4, 0.5) is 0 Å². The summed E-state index contributed by atoms with van der Waals surface area (Å²) < 4.78 is 28.0. The first-order valence-electron chi connectivity index (χ1n) is 9.94. The van der Waals surface area contributed by atoms with Gasteiger partial charge in [0.2, 0.25) is 0 Å². The van der Waals surface area contributed by atoms with Gasteiger partial charge in [0.05, 0.1) is 24.9 Å². The molecule has 8 heteroatoms. The minimum Gasteiger partial charge on any atom is -0.493 e. The lowest BCUT2D eigenvalue weighted by Crippen LogP contribution is -2.40. The van der Waals surface area contributed by atoms with E-state index in [0.717, 1.165) is 11.3 Å². The number of fused-ring (bicyclic) bond motifs is 1. The van der Waals surface area contributed by atoms with Crippen molar-refractivity contribution in [2.45, 2.75) is 26.6 Å². The maximum atomic E-state index is 12.6. The van der Waals surface area contributed by atoms with E-state index >= 15 is 0 Å². The van der Waals surface area contributed by atoms with E-state index in [1.54, 1.807) is 18.2 Å². The first-order chi connectivity index (χ1) is 15.0. The highest BCUT2D eigenvalue weighted by Crippen LogP contribution is 2.31. The summed E-state index contributed by atoms with van der Waals surface area (Å²) in [6.45, 7) is 4.68. The molecule has 1 aromatic heterocycles. The Morgan fingerprint density at radius 2 is 1.97 bits per heavy atom. The normalized spacial score (nSPS) is 14.7. The standard InChI is InChI=1S/C23H24N2O6/c1-14-18(15(2)31-25-14)13-29-20-9-8-16(10-22(20)27-3)23(26)24-11-17-12-28-19-6-4-5-7-21(19)30-17/h4-10,17H,11-13H2,1-3H3,(H,24,26). The molecule has 8 nitrogen and oxygen atoms in total. The van der Waals surface area contributed by atoms with Crippen LogP contribution in [0, 0.1) is 13.8 Å². The van der Waals surface area contributed by atoms with Crippen LogP contribution in [0.1, 0.15) is 27.4 Å². The molecule has 162 valence electrons. The number of carbonyl (C=O) groups is 1. The molecule has 1 aliphatic heterocycles. The van der Waals surface area contributed by atoms with Crippen molar-refractivity contribution in [1.29, 1.82) is 0 Å². The third-order valence-electron chi connectivity index (χ3n) is 5.04. The van der Waals surface area contributed by atoms with Gasteiger partial charge < -0.3 is 28.8 Å². The molecule has 0 saturated heterocycles. The highest BCUT2D eigenvalue weighted by molar-refractivity contribution is 5.94. The van der Waals surface area contributed by atoms with Crippen LogP contribution in [-0.4, -0.2) is 37.4 Å². The van der Waals surface area contributed by atoms with Gasteiger partial charge in [0, 0.05) is 5.56 Å². The number of hydrogen-bond donors (Lipinski definition) is 1. The maximum absolute atomic E-state index is 12.6. The van der Waals surface area contributed by atoms with Gasteiger partial charge in [0.15, 0.2) is 23.0 Å². The molecule has 2 aromatic carbocycles. The molecule has 3 aromatic rings. The first-order valence-corrected chi connectivity index (χ1v) is 9.94. The Labute approximate surface area is 180 Å². The zero-order valence-electron chi connectivity index (χ0n) is 17.6. The van der Waals surface area contributed by atoms with Crippen LogP contribution < -0.4 is 24.3 Å². The number of ether oxygens (including phenoxy) is 4. The third kappa shape index (κ3) is 4.58. The van der Waals surface area contributed by atoms with E-state index in [4.69, 9.17) is 23.5 Å². The van der Waals surface area contributed by atoms with Crippen molar-refractivity contribution in [1.82, 2.24) is 10.5 Å². The van der Waals surface area contributed by atoms with E-state index in [2.05, 4.69) is 10.5 Å². The lowest BCUT2D eigenvalue weighted by Gasteiger charge is -2.26. The van der Waals surface area contributed by atoms with Gasteiger partial charge in [-0.2, -0.15) is 0 Å². The fraction of sp³-hybridized carbons (Fsp3) is 0.304. The third-order valence-corrected chi connectivity index (χ3v) is 5.04. The molecule has 2 heterocycles. The van der Waals surface area contributed by atoms with Crippen LogP contribution in [-0.2, 0) is 6.61 Å². The smallest absolute Gasteiger partial charge is 0.251 e. The van der Waals surface area contributed by atoms with E-state index in [9.17, 15) is 4.79 Å². The van der Waals surface area contributed by atoms with Crippen LogP contribution in [0.15, 0.2) is 47.0 Å². The number of aromatic nitrogens is 1. The molecule has 0 spiro atoms. The Bertz CT molecular complexity index is 1060. The van der Waals surface area contributed by atoms with E-state index in [0.29, 0.717) is 54.1 Å². The Morgan fingerprint density at radius 1 is 1.16 bits per heavy atom. The van der Waals surface area contributed by atoms with Crippen LogP contribution >= 0.6 is 0 Å². The lowest BCUT2D eigenvalue weighted by atomic mass is 10.1. The molecule has 0 bridgehead atoms. The number of benzene rings is 2. The van der Waals surface area contributed by atoms with Gasteiger partial charge in [-0.15, -0.1) is 0 Å². The summed E-state index contributed by atoms with van der Waals surface area (Å²) in [6.07, 6.45) is -0.265. The number of amides is 1. The predicted molar refractivity (Wildman–Crippen MR) is 112 cm³/mol. The Hall–Kier alpha value is -3.68. The molecular formula is C23H24N2O6. The van der Waals surface area contributed by atoms with Gasteiger partial charge in [-0.3, -0.25) is 4.79 Å². The number of para-hydroxylation sites is 2. The molecule has 0 radical (unpaired) electrons.